The molecular weight excluding hydrogens is 240 g/mol. The zero-order valence-corrected chi connectivity index (χ0v) is 12.0. The minimum Gasteiger partial charge on any atom is -0.350 e. The van der Waals surface area contributed by atoms with Gasteiger partial charge in [0.25, 0.3) is 0 Å². The SMILES string of the molecule is CC(C)(C)c1cc(CNC(=O)C[C@H]2CCNC2)[nH]n1. The van der Waals surface area contributed by atoms with E-state index in [1.807, 2.05) is 6.07 Å². The fourth-order valence-electron chi connectivity index (χ4n) is 2.25. The summed E-state index contributed by atoms with van der Waals surface area (Å²) in [6.45, 7) is 8.90. The van der Waals surface area contributed by atoms with Crippen molar-refractivity contribution in [3.63, 3.8) is 0 Å². The quantitative estimate of drug-likeness (QED) is 0.768. The highest BCUT2D eigenvalue weighted by molar-refractivity contribution is 5.76. The van der Waals surface area contributed by atoms with Gasteiger partial charge < -0.3 is 10.6 Å². The van der Waals surface area contributed by atoms with E-state index in [2.05, 4.69) is 41.6 Å². The molecule has 2 rings (SSSR count). The van der Waals surface area contributed by atoms with Crippen LogP contribution in [0.5, 0.6) is 0 Å². The molecule has 1 aliphatic heterocycles. The van der Waals surface area contributed by atoms with Crippen molar-refractivity contribution in [1.82, 2.24) is 20.8 Å². The highest BCUT2D eigenvalue weighted by Gasteiger charge is 2.19. The zero-order valence-electron chi connectivity index (χ0n) is 12.0. The Labute approximate surface area is 114 Å². The third-order valence-electron chi connectivity index (χ3n) is 3.51. The maximum atomic E-state index is 11.8. The Bertz CT molecular complexity index is 427. The Kier molecular flexibility index (Phi) is 4.24. The summed E-state index contributed by atoms with van der Waals surface area (Å²) < 4.78 is 0. The highest BCUT2D eigenvalue weighted by Crippen LogP contribution is 2.20. The molecule has 2 heterocycles. The lowest BCUT2D eigenvalue weighted by molar-refractivity contribution is -0.122. The first kappa shape index (κ1) is 14.1. The molecule has 1 fully saturated rings. The first-order chi connectivity index (χ1) is 8.95. The highest BCUT2D eigenvalue weighted by atomic mass is 16.1. The molecule has 1 amide bonds. The molecule has 19 heavy (non-hydrogen) atoms. The van der Waals surface area contributed by atoms with E-state index in [1.54, 1.807) is 0 Å². The number of carbonyl (C=O) groups is 1. The fraction of sp³-hybridized carbons (Fsp3) is 0.714. The lowest BCUT2D eigenvalue weighted by atomic mass is 9.92. The van der Waals surface area contributed by atoms with E-state index in [0.717, 1.165) is 30.9 Å². The molecule has 5 nitrogen and oxygen atoms in total. The number of aromatic nitrogens is 2. The van der Waals surface area contributed by atoms with E-state index < -0.39 is 0 Å². The maximum Gasteiger partial charge on any atom is 0.220 e. The van der Waals surface area contributed by atoms with Crippen LogP contribution in [0.25, 0.3) is 0 Å². The van der Waals surface area contributed by atoms with Crippen LogP contribution >= 0.6 is 0 Å². The first-order valence-corrected chi connectivity index (χ1v) is 6.97. The number of nitrogens with zero attached hydrogens (tertiary/aromatic N) is 1. The van der Waals surface area contributed by atoms with Crippen LogP contribution in [-0.2, 0) is 16.8 Å². The second-order valence-corrected chi connectivity index (χ2v) is 6.37. The van der Waals surface area contributed by atoms with Crippen molar-refractivity contribution in [2.24, 2.45) is 5.92 Å². The molecular formula is C14H24N4O. The summed E-state index contributed by atoms with van der Waals surface area (Å²) in [5.41, 5.74) is 2.02. The molecule has 1 aromatic heterocycles. The number of amides is 1. The zero-order chi connectivity index (χ0) is 13.9. The van der Waals surface area contributed by atoms with Gasteiger partial charge in [-0.05, 0) is 31.5 Å². The van der Waals surface area contributed by atoms with Gasteiger partial charge in [0, 0.05) is 11.8 Å². The summed E-state index contributed by atoms with van der Waals surface area (Å²) in [6.07, 6.45) is 1.72. The maximum absolute atomic E-state index is 11.8. The molecule has 1 aromatic rings. The number of hydrogen-bond acceptors (Lipinski definition) is 3. The van der Waals surface area contributed by atoms with Crippen LogP contribution in [0.2, 0.25) is 0 Å². The first-order valence-electron chi connectivity index (χ1n) is 6.97. The topological polar surface area (TPSA) is 69.8 Å². The van der Waals surface area contributed by atoms with Gasteiger partial charge in [-0.25, -0.2) is 0 Å². The Morgan fingerprint density at radius 1 is 1.53 bits per heavy atom. The molecule has 0 spiro atoms. The Balaban J connectivity index is 1.78. The van der Waals surface area contributed by atoms with E-state index >= 15 is 0 Å². The van der Waals surface area contributed by atoms with Gasteiger partial charge in [-0.1, -0.05) is 20.8 Å². The van der Waals surface area contributed by atoms with Crippen LogP contribution in [0, 0.1) is 5.92 Å². The van der Waals surface area contributed by atoms with Crippen LogP contribution in [0.15, 0.2) is 6.07 Å². The van der Waals surface area contributed by atoms with Crippen molar-refractivity contribution in [1.29, 1.82) is 0 Å². The summed E-state index contributed by atoms with van der Waals surface area (Å²) in [7, 11) is 0. The van der Waals surface area contributed by atoms with Crippen LogP contribution in [-0.4, -0.2) is 29.2 Å². The Hall–Kier alpha value is -1.36. The van der Waals surface area contributed by atoms with E-state index in [9.17, 15) is 4.79 Å². The van der Waals surface area contributed by atoms with Crippen LogP contribution in [0.4, 0.5) is 0 Å². The summed E-state index contributed by atoms with van der Waals surface area (Å²) in [5.74, 6) is 0.618. The van der Waals surface area contributed by atoms with Crippen molar-refractivity contribution < 1.29 is 4.79 Å². The largest absolute Gasteiger partial charge is 0.350 e. The van der Waals surface area contributed by atoms with E-state index in [4.69, 9.17) is 0 Å². The summed E-state index contributed by atoms with van der Waals surface area (Å²) in [6, 6.07) is 2.03. The molecule has 1 atom stereocenters. The van der Waals surface area contributed by atoms with E-state index in [0.29, 0.717) is 18.9 Å². The average molecular weight is 264 g/mol. The van der Waals surface area contributed by atoms with Gasteiger partial charge in [0.2, 0.25) is 5.91 Å². The molecule has 0 radical (unpaired) electrons. The minimum absolute atomic E-state index is 0.0360. The van der Waals surface area contributed by atoms with Crippen LogP contribution in [0.3, 0.4) is 0 Å². The molecule has 1 saturated heterocycles. The van der Waals surface area contributed by atoms with Gasteiger partial charge in [0.05, 0.1) is 17.9 Å². The lowest BCUT2D eigenvalue weighted by Crippen LogP contribution is -2.26. The predicted octanol–water partition coefficient (Wildman–Crippen LogP) is 1.32. The van der Waals surface area contributed by atoms with E-state index in [-0.39, 0.29) is 11.3 Å². The van der Waals surface area contributed by atoms with Gasteiger partial charge in [-0.15, -0.1) is 0 Å². The number of rotatable bonds is 4. The van der Waals surface area contributed by atoms with Gasteiger partial charge >= 0.3 is 0 Å². The fourth-order valence-corrected chi connectivity index (χ4v) is 2.25. The van der Waals surface area contributed by atoms with Crippen molar-refractivity contribution in [2.75, 3.05) is 13.1 Å². The van der Waals surface area contributed by atoms with Crippen molar-refractivity contribution in [3.05, 3.63) is 17.5 Å². The second kappa shape index (κ2) is 5.74. The standard InChI is InChI=1S/C14H24N4O/c1-14(2,3)12-7-11(17-18-12)9-16-13(19)6-10-4-5-15-8-10/h7,10,15H,4-6,8-9H2,1-3H3,(H,16,19)(H,17,18)/t10-/m1/s1. The molecule has 0 saturated carbocycles. The van der Waals surface area contributed by atoms with Gasteiger partial charge in [-0.2, -0.15) is 5.10 Å². The smallest absolute Gasteiger partial charge is 0.220 e. The number of carbonyl (C=O) groups excluding carboxylic acids is 1. The average Bonchev–Trinajstić information content (AvgIpc) is 2.95. The number of aromatic amines is 1. The normalized spacial score (nSPS) is 19.6. The molecule has 106 valence electrons. The summed E-state index contributed by atoms with van der Waals surface area (Å²) in [4.78, 5) is 11.8. The molecule has 0 aromatic carbocycles. The molecule has 0 aliphatic carbocycles. The molecule has 1 aliphatic rings. The molecule has 5 heteroatoms. The molecule has 0 unspecified atom stereocenters. The van der Waals surface area contributed by atoms with Crippen molar-refractivity contribution in [2.45, 2.75) is 45.6 Å². The summed E-state index contributed by atoms with van der Waals surface area (Å²) >= 11 is 0. The number of nitrogens with one attached hydrogen (secondary N) is 3. The van der Waals surface area contributed by atoms with Crippen molar-refractivity contribution >= 4 is 5.91 Å². The third-order valence-corrected chi connectivity index (χ3v) is 3.51. The van der Waals surface area contributed by atoms with Gasteiger partial charge in [0.1, 0.15) is 0 Å². The number of hydrogen-bond donors (Lipinski definition) is 3. The van der Waals surface area contributed by atoms with E-state index in [1.165, 1.54) is 0 Å². The van der Waals surface area contributed by atoms with Gasteiger partial charge in [-0.3, -0.25) is 9.89 Å². The van der Waals surface area contributed by atoms with Gasteiger partial charge in [0.15, 0.2) is 0 Å². The minimum atomic E-state index is 0.0360. The number of H-pyrrole nitrogens is 1. The predicted molar refractivity (Wildman–Crippen MR) is 74.7 cm³/mol. The lowest BCUT2D eigenvalue weighted by Gasteiger charge is -2.13. The van der Waals surface area contributed by atoms with Crippen molar-refractivity contribution in [3.8, 4) is 0 Å². The van der Waals surface area contributed by atoms with Crippen LogP contribution in [0.1, 0.15) is 45.0 Å². The Morgan fingerprint density at radius 2 is 2.32 bits per heavy atom. The Morgan fingerprint density at radius 3 is 2.89 bits per heavy atom. The molecule has 0 bridgehead atoms. The second-order valence-electron chi connectivity index (χ2n) is 6.37. The molecule has 3 N–H and O–H groups in total. The summed E-state index contributed by atoms with van der Waals surface area (Å²) in [5, 5.41) is 13.5. The third kappa shape index (κ3) is 4.06. The monoisotopic (exact) mass is 264 g/mol. The van der Waals surface area contributed by atoms with Crippen LogP contribution < -0.4 is 10.6 Å².